The molecule has 1 rings (SSSR count). The van der Waals surface area contributed by atoms with Gasteiger partial charge in [0.15, 0.2) is 0 Å². The van der Waals surface area contributed by atoms with Gasteiger partial charge in [-0.25, -0.2) is 0 Å². The van der Waals surface area contributed by atoms with Gasteiger partial charge in [0.2, 0.25) is 0 Å². The van der Waals surface area contributed by atoms with Crippen LogP contribution in [0, 0.1) is 5.92 Å². The molecule has 108 valence electrons. The van der Waals surface area contributed by atoms with Crippen molar-refractivity contribution in [2.45, 2.75) is 52.0 Å². The molecule has 0 radical (unpaired) electrons. The number of hydrogen-bond donors (Lipinski definition) is 1. The molecule has 0 saturated carbocycles. The predicted molar refractivity (Wildman–Crippen MR) is 78.0 cm³/mol. The molecule has 1 aliphatic rings. The number of nitrogens with one attached hydrogen (secondary N) is 1. The van der Waals surface area contributed by atoms with Crippen LogP contribution in [0.25, 0.3) is 0 Å². The van der Waals surface area contributed by atoms with E-state index in [9.17, 15) is 0 Å². The zero-order valence-electron chi connectivity index (χ0n) is 12.6. The van der Waals surface area contributed by atoms with Crippen molar-refractivity contribution in [3.8, 4) is 0 Å². The van der Waals surface area contributed by atoms with Crippen molar-refractivity contribution in [3.63, 3.8) is 0 Å². The third-order valence-electron chi connectivity index (χ3n) is 3.95. The zero-order chi connectivity index (χ0) is 13.2. The van der Waals surface area contributed by atoms with E-state index in [0.717, 1.165) is 25.7 Å². The first kappa shape index (κ1) is 15.9. The number of rotatable bonds is 9. The van der Waals surface area contributed by atoms with E-state index in [2.05, 4.69) is 31.1 Å². The van der Waals surface area contributed by atoms with Gasteiger partial charge in [0.25, 0.3) is 0 Å². The minimum Gasteiger partial charge on any atom is -0.381 e. The second-order valence-corrected chi connectivity index (χ2v) is 5.78. The molecule has 0 aromatic heterocycles. The predicted octanol–water partition coefficient (Wildman–Crippen LogP) is 2.51. The Morgan fingerprint density at radius 1 is 1.39 bits per heavy atom. The average molecular weight is 256 g/mol. The van der Waals surface area contributed by atoms with Gasteiger partial charge >= 0.3 is 0 Å². The van der Waals surface area contributed by atoms with Crippen molar-refractivity contribution in [1.29, 1.82) is 0 Å². The molecule has 1 fully saturated rings. The minimum atomic E-state index is 0.619. The maximum absolute atomic E-state index is 5.55. The maximum atomic E-state index is 5.55. The van der Waals surface area contributed by atoms with Crippen molar-refractivity contribution >= 4 is 0 Å². The van der Waals surface area contributed by atoms with Gasteiger partial charge in [-0.2, -0.15) is 0 Å². The summed E-state index contributed by atoms with van der Waals surface area (Å²) in [5, 5.41) is 3.57. The van der Waals surface area contributed by atoms with E-state index in [1.807, 2.05) is 0 Å². The zero-order valence-corrected chi connectivity index (χ0v) is 12.6. The number of ether oxygens (including phenoxy) is 1. The van der Waals surface area contributed by atoms with Crippen LogP contribution < -0.4 is 5.32 Å². The van der Waals surface area contributed by atoms with Crippen LogP contribution in [0.15, 0.2) is 0 Å². The first-order valence-corrected chi connectivity index (χ1v) is 7.72. The summed E-state index contributed by atoms with van der Waals surface area (Å²) >= 11 is 0. The van der Waals surface area contributed by atoms with Crippen LogP contribution >= 0.6 is 0 Å². The lowest BCUT2D eigenvalue weighted by Gasteiger charge is -2.31. The van der Waals surface area contributed by atoms with Gasteiger partial charge < -0.3 is 15.0 Å². The van der Waals surface area contributed by atoms with Crippen LogP contribution in [0.5, 0.6) is 0 Å². The second-order valence-electron chi connectivity index (χ2n) is 5.78. The van der Waals surface area contributed by atoms with Crippen molar-refractivity contribution in [2.24, 2.45) is 5.92 Å². The molecule has 0 spiro atoms. The van der Waals surface area contributed by atoms with E-state index in [1.54, 1.807) is 0 Å². The van der Waals surface area contributed by atoms with Gasteiger partial charge in [-0.05, 0) is 45.7 Å². The molecule has 1 aliphatic heterocycles. The fourth-order valence-corrected chi connectivity index (χ4v) is 2.51. The third-order valence-corrected chi connectivity index (χ3v) is 3.95. The summed E-state index contributed by atoms with van der Waals surface area (Å²) in [6.07, 6.45) is 6.53. The lowest BCUT2D eigenvalue weighted by atomic mass is 10.0. The topological polar surface area (TPSA) is 24.5 Å². The first-order chi connectivity index (χ1) is 8.74. The molecule has 3 heteroatoms. The molecule has 1 saturated heterocycles. The summed E-state index contributed by atoms with van der Waals surface area (Å²) in [6.45, 7) is 9.94. The van der Waals surface area contributed by atoms with E-state index >= 15 is 0 Å². The Labute approximate surface area is 113 Å². The molecule has 18 heavy (non-hydrogen) atoms. The van der Waals surface area contributed by atoms with E-state index in [1.165, 1.54) is 45.2 Å². The Morgan fingerprint density at radius 3 is 2.89 bits per heavy atom. The first-order valence-electron chi connectivity index (χ1n) is 7.72. The van der Waals surface area contributed by atoms with Gasteiger partial charge in [0.1, 0.15) is 0 Å². The fourth-order valence-electron chi connectivity index (χ4n) is 2.51. The van der Waals surface area contributed by atoms with Gasteiger partial charge in [-0.3, -0.25) is 0 Å². The Kier molecular flexibility index (Phi) is 8.64. The smallest absolute Gasteiger partial charge is 0.0506 e. The van der Waals surface area contributed by atoms with Gasteiger partial charge in [0, 0.05) is 25.7 Å². The van der Waals surface area contributed by atoms with Gasteiger partial charge in [0.05, 0.1) is 6.61 Å². The molecular formula is C15H32N2O. The van der Waals surface area contributed by atoms with Crippen molar-refractivity contribution in [2.75, 3.05) is 39.9 Å². The van der Waals surface area contributed by atoms with Crippen molar-refractivity contribution in [3.05, 3.63) is 0 Å². The molecule has 0 aliphatic carbocycles. The molecule has 1 heterocycles. The van der Waals surface area contributed by atoms with E-state index in [0.29, 0.717) is 6.04 Å². The highest BCUT2D eigenvalue weighted by molar-refractivity contribution is 4.72. The standard InChI is InChI=1S/C15H32N2O/c1-4-5-6-9-16-11-14(2)17(3)12-15-8-7-10-18-13-15/h14-16H,4-13H2,1-3H3. The van der Waals surface area contributed by atoms with Gasteiger partial charge in [-0.15, -0.1) is 0 Å². The normalized spacial score (nSPS) is 22.3. The van der Waals surface area contributed by atoms with E-state index in [-0.39, 0.29) is 0 Å². The molecule has 0 bridgehead atoms. The van der Waals surface area contributed by atoms with Crippen LogP contribution in [0.2, 0.25) is 0 Å². The number of nitrogens with zero attached hydrogens (tertiary/aromatic N) is 1. The molecule has 0 aromatic rings. The molecule has 0 aromatic carbocycles. The highest BCUT2D eigenvalue weighted by atomic mass is 16.5. The van der Waals surface area contributed by atoms with Crippen LogP contribution in [0.3, 0.4) is 0 Å². The third kappa shape index (κ3) is 6.72. The average Bonchev–Trinajstić information content (AvgIpc) is 2.39. The fraction of sp³-hybridized carbons (Fsp3) is 1.00. The largest absolute Gasteiger partial charge is 0.381 e. The summed E-state index contributed by atoms with van der Waals surface area (Å²) in [5.41, 5.74) is 0. The highest BCUT2D eigenvalue weighted by Crippen LogP contribution is 2.15. The Morgan fingerprint density at radius 2 is 2.22 bits per heavy atom. The highest BCUT2D eigenvalue weighted by Gasteiger charge is 2.18. The summed E-state index contributed by atoms with van der Waals surface area (Å²) in [4.78, 5) is 2.48. The molecular weight excluding hydrogens is 224 g/mol. The lowest BCUT2D eigenvalue weighted by molar-refractivity contribution is 0.0373. The molecule has 3 nitrogen and oxygen atoms in total. The van der Waals surface area contributed by atoms with Crippen molar-refractivity contribution < 1.29 is 4.74 Å². The quantitative estimate of drug-likeness (QED) is 0.642. The molecule has 1 N–H and O–H groups in total. The summed E-state index contributed by atoms with van der Waals surface area (Å²) in [7, 11) is 2.24. The van der Waals surface area contributed by atoms with Gasteiger partial charge in [-0.1, -0.05) is 19.8 Å². The van der Waals surface area contributed by atoms with E-state index in [4.69, 9.17) is 4.74 Å². The Balaban J connectivity index is 2.06. The molecule has 2 atom stereocenters. The summed E-state index contributed by atoms with van der Waals surface area (Å²) in [6, 6.07) is 0.619. The monoisotopic (exact) mass is 256 g/mol. The Bertz CT molecular complexity index is 193. The number of hydrogen-bond acceptors (Lipinski definition) is 3. The van der Waals surface area contributed by atoms with Crippen LogP contribution in [0.4, 0.5) is 0 Å². The van der Waals surface area contributed by atoms with E-state index < -0.39 is 0 Å². The lowest BCUT2D eigenvalue weighted by Crippen LogP contribution is -2.41. The van der Waals surface area contributed by atoms with Crippen LogP contribution in [0.1, 0.15) is 46.0 Å². The number of likely N-dealkylation sites (N-methyl/N-ethyl adjacent to an activating group) is 1. The SMILES string of the molecule is CCCCCNCC(C)N(C)CC1CCCOC1. The summed E-state index contributed by atoms with van der Waals surface area (Å²) < 4.78 is 5.55. The maximum Gasteiger partial charge on any atom is 0.0506 e. The molecule has 0 amide bonds. The Hall–Kier alpha value is -0.120. The minimum absolute atomic E-state index is 0.619. The second kappa shape index (κ2) is 9.76. The summed E-state index contributed by atoms with van der Waals surface area (Å²) in [5.74, 6) is 0.742. The number of unbranched alkanes of at least 4 members (excludes halogenated alkanes) is 2. The van der Waals surface area contributed by atoms with Crippen molar-refractivity contribution in [1.82, 2.24) is 10.2 Å². The van der Waals surface area contributed by atoms with Crippen LogP contribution in [-0.4, -0.2) is 50.8 Å². The van der Waals surface area contributed by atoms with Crippen LogP contribution in [-0.2, 0) is 4.74 Å². The molecule has 2 unspecified atom stereocenters.